The molecular formula is C18H21FN4O2. The van der Waals surface area contributed by atoms with Gasteiger partial charge in [-0.1, -0.05) is 6.07 Å². The average Bonchev–Trinajstić information content (AvgIpc) is 2.63. The van der Waals surface area contributed by atoms with Crippen molar-refractivity contribution in [3.8, 4) is 11.1 Å². The third kappa shape index (κ3) is 4.37. The summed E-state index contributed by atoms with van der Waals surface area (Å²) < 4.78 is 18.8. The van der Waals surface area contributed by atoms with Crippen LogP contribution in [-0.2, 0) is 4.74 Å². The SMILES string of the molecule is Cc1nc(NCCN2CCOCC2)ncc1-c1ccc(F)c(C=O)c1. The van der Waals surface area contributed by atoms with Gasteiger partial charge in [0.25, 0.3) is 0 Å². The van der Waals surface area contributed by atoms with E-state index in [4.69, 9.17) is 4.74 Å². The Morgan fingerprint density at radius 1 is 1.36 bits per heavy atom. The van der Waals surface area contributed by atoms with Gasteiger partial charge in [-0.25, -0.2) is 14.4 Å². The van der Waals surface area contributed by atoms with Gasteiger partial charge in [0.05, 0.1) is 24.5 Å². The number of carbonyl (C=O) groups is 1. The standard InChI is InChI=1S/C18H21FN4O2/c1-13-16(14-2-3-17(19)15(10-14)12-24)11-21-18(22-13)20-4-5-23-6-8-25-9-7-23/h2-3,10-12H,4-9H2,1H3,(H,20,21,22). The molecular weight excluding hydrogens is 323 g/mol. The summed E-state index contributed by atoms with van der Waals surface area (Å²) in [6.07, 6.45) is 2.21. The van der Waals surface area contributed by atoms with Gasteiger partial charge in [0.1, 0.15) is 5.82 Å². The predicted octanol–water partition coefficient (Wildman–Crippen LogP) is 2.15. The Balaban J connectivity index is 1.65. The number of morpholine rings is 1. The van der Waals surface area contributed by atoms with Crippen LogP contribution in [0.4, 0.5) is 10.3 Å². The summed E-state index contributed by atoms with van der Waals surface area (Å²) in [5.74, 6) is 0.0333. The summed E-state index contributed by atoms with van der Waals surface area (Å²) in [4.78, 5) is 22.0. The highest BCUT2D eigenvalue weighted by molar-refractivity contribution is 5.79. The van der Waals surface area contributed by atoms with Crippen LogP contribution in [-0.4, -0.2) is 60.5 Å². The summed E-state index contributed by atoms with van der Waals surface area (Å²) >= 11 is 0. The van der Waals surface area contributed by atoms with Crippen LogP contribution in [0, 0.1) is 12.7 Å². The third-order valence-corrected chi connectivity index (χ3v) is 4.23. The van der Waals surface area contributed by atoms with Gasteiger partial charge in [0.15, 0.2) is 6.29 Å². The molecule has 1 saturated heterocycles. The van der Waals surface area contributed by atoms with Crippen LogP contribution < -0.4 is 5.32 Å². The largest absolute Gasteiger partial charge is 0.379 e. The Morgan fingerprint density at radius 2 is 2.16 bits per heavy atom. The minimum atomic E-state index is -0.529. The normalized spacial score (nSPS) is 15.1. The molecule has 2 heterocycles. The zero-order valence-corrected chi connectivity index (χ0v) is 14.2. The molecule has 0 saturated carbocycles. The molecule has 1 aliphatic heterocycles. The molecule has 2 aromatic rings. The lowest BCUT2D eigenvalue weighted by molar-refractivity contribution is 0.0398. The van der Waals surface area contributed by atoms with Crippen molar-refractivity contribution in [2.24, 2.45) is 0 Å². The van der Waals surface area contributed by atoms with Crippen LogP contribution in [0.15, 0.2) is 24.4 Å². The number of aromatic nitrogens is 2. The van der Waals surface area contributed by atoms with E-state index in [1.807, 2.05) is 6.92 Å². The number of hydrogen-bond donors (Lipinski definition) is 1. The van der Waals surface area contributed by atoms with Crippen LogP contribution >= 0.6 is 0 Å². The zero-order valence-electron chi connectivity index (χ0n) is 14.2. The first kappa shape index (κ1) is 17.4. The van der Waals surface area contributed by atoms with E-state index in [2.05, 4.69) is 20.2 Å². The monoisotopic (exact) mass is 344 g/mol. The Morgan fingerprint density at radius 3 is 2.88 bits per heavy atom. The number of aldehydes is 1. The van der Waals surface area contributed by atoms with E-state index in [0.29, 0.717) is 12.2 Å². The molecule has 25 heavy (non-hydrogen) atoms. The molecule has 0 unspecified atom stereocenters. The number of rotatable bonds is 6. The molecule has 0 spiro atoms. The van der Waals surface area contributed by atoms with E-state index in [1.165, 1.54) is 12.1 Å². The predicted molar refractivity (Wildman–Crippen MR) is 93.3 cm³/mol. The first-order chi connectivity index (χ1) is 12.2. The number of aryl methyl sites for hydroxylation is 1. The van der Waals surface area contributed by atoms with Crippen molar-refractivity contribution in [2.45, 2.75) is 6.92 Å². The second-order valence-corrected chi connectivity index (χ2v) is 5.93. The number of nitrogens with zero attached hydrogens (tertiary/aromatic N) is 3. The highest BCUT2D eigenvalue weighted by Gasteiger charge is 2.11. The topological polar surface area (TPSA) is 67.3 Å². The average molecular weight is 344 g/mol. The van der Waals surface area contributed by atoms with Gasteiger partial charge < -0.3 is 10.1 Å². The highest BCUT2D eigenvalue weighted by Crippen LogP contribution is 2.24. The summed E-state index contributed by atoms with van der Waals surface area (Å²) in [6, 6.07) is 4.42. The van der Waals surface area contributed by atoms with E-state index in [0.717, 1.165) is 56.2 Å². The molecule has 6 nitrogen and oxygen atoms in total. The van der Waals surface area contributed by atoms with Gasteiger partial charge >= 0.3 is 0 Å². The number of hydrogen-bond acceptors (Lipinski definition) is 6. The minimum Gasteiger partial charge on any atom is -0.379 e. The van der Waals surface area contributed by atoms with Crippen molar-refractivity contribution in [2.75, 3.05) is 44.7 Å². The number of anilines is 1. The van der Waals surface area contributed by atoms with Crippen molar-refractivity contribution < 1.29 is 13.9 Å². The smallest absolute Gasteiger partial charge is 0.222 e. The fraction of sp³-hybridized carbons (Fsp3) is 0.389. The van der Waals surface area contributed by atoms with E-state index < -0.39 is 5.82 Å². The van der Waals surface area contributed by atoms with E-state index in [1.54, 1.807) is 12.3 Å². The maximum Gasteiger partial charge on any atom is 0.222 e. The number of nitrogens with one attached hydrogen (secondary N) is 1. The molecule has 1 aromatic heterocycles. The lowest BCUT2D eigenvalue weighted by Crippen LogP contribution is -2.39. The molecule has 3 rings (SSSR count). The molecule has 0 bridgehead atoms. The molecule has 0 radical (unpaired) electrons. The number of benzene rings is 1. The van der Waals surface area contributed by atoms with Gasteiger partial charge in [-0.15, -0.1) is 0 Å². The van der Waals surface area contributed by atoms with Crippen LogP contribution in [0.1, 0.15) is 16.1 Å². The lowest BCUT2D eigenvalue weighted by atomic mass is 10.0. The molecule has 0 amide bonds. The maximum absolute atomic E-state index is 13.5. The number of halogens is 1. The van der Waals surface area contributed by atoms with E-state index in [9.17, 15) is 9.18 Å². The summed E-state index contributed by atoms with van der Waals surface area (Å²) in [5, 5.41) is 3.22. The highest BCUT2D eigenvalue weighted by atomic mass is 19.1. The van der Waals surface area contributed by atoms with Crippen LogP contribution in [0.3, 0.4) is 0 Å². The molecule has 1 N–H and O–H groups in total. The van der Waals surface area contributed by atoms with Gasteiger partial charge in [0, 0.05) is 37.9 Å². The fourth-order valence-electron chi connectivity index (χ4n) is 2.79. The fourth-order valence-corrected chi connectivity index (χ4v) is 2.79. The van der Waals surface area contributed by atoms with Crippen molar-refractivity contribution in [1.82, 2.24) is 14.9 Å². The van der Waals surface area contributed by atoms with Crippen LogP contribution in [0.25, 0.3) is 11.1 Å². The Kier molecular flexibility index (Phi) is 5.67. The molecule has 0 aliphatic carbocycles. The van der Waals surface area contributed by atoms with Gasteiger partial charge in [-0.2, -0.15) is 0 Å². The maximum atomic E-state index is 13.5. The molecule has 1 fully saturated rings. The molecule has 7 heteroatoms. The van der Waals surface area contributed by atoms with Crippen molar-refractivity contribution in [3.63, 3.8) is 0 Å². The third-order valence-electron chi connectivity index (χ3n) is 4.23. The summed E-state index contributed by atoms with van der Waals surface area (Å²) in [7, 11) is 0. The van der Waals surface area contributed by atoms with E-state index >= 15 is 0 Å². The lowest BCUT2D eigenvalue weighted by Gasteiger charge is -2.26. The van der Waals surface area contributed by atoms with Gasteiger partial charge in [0.2, 0.25) is 5.95 Å². The van der Waals surface area contributed by atoms with Gasteiger partial charge in [-0.3, -0.25) is 9.69 Å². The van der Waals surface area contributed by atoms with Crippen LogP contribution in [0.2, 0.25) is 0 Å². The second kappa shape index (κ2) is 8.13. The van der Waals surface area contributed by atoms with Crippen molar-refractivity contribution >= 4 is 12.2 Å². The zero-order chi connectivity index (χ0) is 17.6. The number of ether oxygens (including phenoxy) is 1. The van der Waals surface area contributed by atoms with Crippen molar-refractivity contribution in [3.05, 3.63) is 41.5 Å². The first-order valence-electron chi connectivity index (χ1n) is 8.30. The van der Waals surface area contributed by atoms with Crippen LogP contribution in [0.5, 0.6) is 0 Å². The quantitative estimate of drug-likeness (QED) is 0.810. The summed E-state index contributed by atoms with van der Waals surface area (Å²) in [5.41, 5.74) is 2.31. The number of carbonyl (C=O) groups excluding carboxylic acids is 1. The van der Waals surface area contributed by atoms with Crippen molar-refractivity contribution in [1.29, 1.82) is 0 Å². The van der Waals surface area contributed by atoms with Gasteiger partial charge in [-0.05, 0) is 24.6 Å². The Hall–Kier alpha value is -2.38. The summed E-state index contributed by atoms with van der Waals surface area (Å²) in [6.45, 7) is 7.00. The first-order valence-corrected chi connectivity index (χ1v) is 8.30. The Labute approximate surface area is 146 Å². The molecule has 1 aromatic carbocycles. The Bertz CT molecular complexity index is 748. The molecule has 0 atom stereocenters. The molecule has 132 valence electrons. The minimum absolute atomic E-state index is 0.0320. The van der Waals surface area contributed by atoms with E-state index in [-0.39, 0.29) is 5.56 Å². The molecule has 1 aliphatic rings. The second-order valence-electron chi connectivity index (χ2n) is 5.93.